The topological polar surface area (TPSA) is 87.7 Å². The number of fused-ring (bicyclic) bond motifs is 5. The van der Waals surface area contributed by atoms with Crippen LogP contribution in [0.4, 0.5) is 0 Å². The lowest BCUT2D eigenvalue weighted by Gasteiger charge is -2.48. The second-order valence-corrected chi connectivity index (χ2v) is 17.9. The Morgan fingerprint density at radius 3 is 2.60 bits per heavy atom. The van der Waals surface area contributed by atoms with E-state index >= 15 is 0 Å². The molecule has 2 N–H and O–H groups in total. The number of nitrogens with zero attached hydrogens (tertiary/aromatic N) is 1. The molecule has 0 radical (unpaired) electrons. The van der Waals surface area contributed by atoms with E-state index in [-0.39, 0.29) is 41.9 Å². The molecule has 11 atom stereocenters. The van der Waals surface area contributed by atoms with Crippen molar-refractivity contribution < 1.29 is 19.1 Å². The van der Waals surface area contributed by atoms with Crippen LogP contribution < -0.4 is 10.6 Å². The first-order valence-corrected chi connectivity index (χ1v) is 19.2. The predicted molar refractivity (Wildman–Crippen MR) is 186 cm³/mol. The minimum Gasteiger partial charge on any atom is -0.370 e. The zero-order valence-corrected chi connectivity index (χ0v) is 29.7. The number of rotatable bonds is 7. The number of piperidine rings is 1. The van der Waals surface area contributed by atoms with Crippen molar-refractivity contribution >= 4 is 17.6 Å². The normalized spacial score (nSPS) is 44.4. The third-order valence-corrected chi connectivity index (χ3v) is 15.3. The molecule has 2 amide bonds. The van der Waals surface area contributed by atoms with Crippen LogP contribution in [0.5, 0.6) is 0 Å². The van der Waals surface area contributed by atoms with Crippen molar-refractivity contribution in [1.29, 1.82) is 0 Å². The van der Waals surface area contributed by atoms with E-state index in [2.05, 4.69) is 43.2 Å². The van der Waals surface area contributed by atoms with Gasteiger partial charge in [0.2, 0.25) is 11.8 Å². The first kappa shape index (κ1) is 32.7. The van der Waals surface area contributed by atoms with E-state index < -0.39 is 0 Å². The van der Waals surface area contributed by atoms with Gasteiger partial charge in [0.1, 0.15) is 0 Å². The molecule has 48 heavy (non-hydrogen) atoms. The maximum atomic E-state index is 12.7. The number of likely N-dealkylation sites (tertiary alicyclic amines) is 1. The SMILES string of the molecule is C[C@H]1C[C@H]2O[C@]3(CC[C@H]4[C@@H]5CCC6=CC(=O)CC[C@]6(C)[C@H]5CC45CC5(C)C3)[C@H](C)[C@@H]2N(CCNC(=O)CNC(=O)Cc2ccccc2)C1. The van der Waals surface area contributed by atoms with Crippen molar-refractivity contribution in [2.75, 3.05) is 26.2 Å². The molecule has 8 rings (SSSR count). The monoisotopic (exact) mass is 655 g/mol. The summed E-state index contributed by atoms with van der Waals surface area (Å²) in [5.74, 6) is 3.42. The fourth-order valence-electron chi connectivity index (χ4n) is 13.0. The number of nitrogens with one attached hydrogen (secondary N) is 2. The zero-order chi connectivity index (χ0) is 33.5. The highest BCUT2D eigenvalue weighted by Crippen LogP contribution is 2.83. The Morgan fingerprint density at radius 2 is 1.79 bits per heavy atom. The summed E-state index contributed by atoms with van der Waals surface area (Å²) in [6, 6.07) is 10.0. The van der Waals surface area contributed by atoms with E-state index in [0.717, 1.165) is 62.1 Å². The molecule has 2 heterocycles. The molecule has 4 saturated carbocycles. The molecule has 2 saturated heterocycles. The van der Waals surface area contributed by atoms with Gasteiger partial charge in [-0.25, -0.2) is 0 Å². The Bertz CT molecular complexity index is 1490. The summed E-state index contributed by atoms with van der Waals surface area (Å²) < 4.78 is 7.38. The van der Waals surface area contributed by atoms with E-state index in [1.54, 1.807) is 0 Å². The van der Waals surface area contributed by atoms with Gasteiger partial charge < -0.3 is 15.4 Å². The average molecular weight is 656 g/mol. The molecule has 7 heteroatoms. The average Bonchev–Trinajstić information content (AvgIpc) is 3.36. The van der Waals surface area contributed by atoms with Gasteiger partial charge in [-0.1, -0.05) is 63.6 Å². The third-order valence-electron chi connectivity index (χ3n) is 15.3. The summed E-state index contributed by atoms with van der Waals surface area (Å²) in [7, 11) is 0. The standard InChI is InChI=1S/C41H57N3O4/c1-26-18-34-37(44(23-26)17-16-42-36(47)22-43-35(46)19-28-8-6-5-7-9-28)27(2)41(48-34)15-13-32-31-11-10-29-20-30(45)12-14-39(29,4)33(31)21-40(32)24-38(40,3)25-41/h5-9,20,26-27,31-34,37H,10-19,21-25H2,1-4H3,(H,42,47)(H,43,46)/t26-,27+,31-,32-,33-,34+,37-,38?,39-,40?,41-/m0/s1. The number of carbonyl (C=O) groups is 3. The summed E-state index contributed by atoms with van der Waals surface area (Å²) in [4.78, 5) is 40.0. The van der Waals surface area contributed by atoms with Crippen LogP contribution in [-0.2, 0) is 25.5 Å². The van der Waals surface area contributed by atoms with E-state index in [1.807, 2.05) is 36.4 Å². The second-order valence-electron chi connectivity index (χ2n) is 17.9. The zero-order valence-electron chi connectivity index (χ0n) is 29.7. The Kier molecular flexibility index (Phi) is 8.03. The summed E-state index contributed by atoms with van der Waals surface area (Å²) in [6.45, 7) is 12.4. The molecule has 1 aromatic carbocycles. The van der Waals surface area contributed by atoms with Crippen LogP contribution in [0.3, 0.4) is 0 Å². The number of amides is 2. The van der Waals surface area contributed by atoms with Gasteiger partial charge in [-0.3, -0.25) is 19.3 Å². The predicted octanol–water partition coefficient (Wildman–Crippen LogP) is 5.87. The molecule has 5 aliphatic carbocycles. The van der Waals surface area contributed by atoms with Gasteiger partial charge in [-0.15, -0.1) is 0 Å². The first-order valence-electron chi connectivity index (χ1n) is 19.2. The quantitative estimate of drug-likeness (QED) is 0.384. The fraction of sp³-hybridized carbons (Fsp3) is 0.732. The van der Waals surface area contributed by atoms with Crippen molar-refractivity contribution in [2.24, 2.45) is 45.8 Å². The van der Waals surface area contributed by atoms with E-state index in [1.165, 1.54) is 44.1 Å². The van der Waals surface area contributed by atoms with Crippen molar-refractivity contribution in [1.82, 2.24) is 15.5 Å². The third kappa shape index (κ3) is 5.23. The summed E-state index contributed by atoms with van der Waals surface area (Å²) in [5.41, 5.74) is 3.37. The van der Waals surface area contributed by atoms with Gasteiger partial charge in [-0.2, -0.15) is 0 Å². The van der Waals surface area contributed by atoms with Gasteiger partial charge in [0.15, 0.2) is 5.78 Å². The molecule has 2 spiro atoms. The molecular weight excluding hydrogens is 598 g/mol. The van der Waals surface area contributed by atoms with Crippen LogP contribution in [-0.4, -0.2) is 66.4 Å². The Labute approximate surface area is 287 Å². The highest BCUT2D eigenvalue weighted by molar-refractivity contribution is 5.91. The molecular formula is C41H57N3O4. The molecule has 2 unspecified atom stereocenters. The van der Waals surface area contributed by atoms with Gasteiger partial charge in [0.05, 0.1) is 24.7 Å². The van der Waals surface area contributed by atoms with Crippen molar-refractivity contribution in [3.05, 3.63) is 47.5 Å². The lowest BCUT2D eigenvalue weighted by atomic mass is 9.56. The highest BCUT2D eigenvalue weighted by Gasteiger charge is 2.77. The number of carbonyl (C=O) groups excluding carboxylic acids is 3. The number of ketones is 1. The molecule has 260 valence electrons. The fourth-order valence-corrected chi connectivity index (χ4v) is 13.0. The number of ether oxygens (including phenoxy) is 1. The van der Waals surface area contributed by atoms with Gasteiger partial charge in [-0.05, 0) is 109 Å². The maximum Gasteiger partial charge on any atom is 0.239 e. The van der Waals surface area contributed by atoms with Crippen LogP contribution in [0.2, 0.25) is 0 Å². The van der Waals surface area contributed by atoms with Gasteiger partial charge >= 0.3 is 0 Å². The van der Waals surface area contributed by atoms with Gasteiger partial charge in [0.25, 0.3) is 0 Å². The van der Waals surface area contributed by atoms with Crippen molar-refractivity contribution in [2.45, 2.75) is 116 Å². The highest BCUT2D eigenvalue weighted by atomic mass is 16.5. The van der Waals surface area contributed by atoms with Crippen molar-refractivity contribution in [3.63, 3.8) is 0 Å². The second kappa shape index (κ2) is 11.8. The van der Waals surface area contributed by atoms with Gasteiger partial charge in [0, 0.05) is 38.0 Å². The van der Waals surface area contributed by atoms with Crippen molar-refractivity contribution in [3.8, 4) is 0 Å². The van der Waals surface area contributed by atoms with E-state index in [0.29, 0.717) is 41.0 Å². The lowest BCUT2D eigenvalue weighted by Crippen LogP contribution is -2.54. The number of allylic oxidation sites excluding steroid dienone is 2. The Balaban J connectivity index is 0.908. The molecule has 6 fully saturated rings. The molecule has 7 nitrogen and oxygen atoms in total. The summed E-state index contributed by atoms with van der Waals surface area (Å²) >= 11 is 0. The Morgan fingerprint density at radius 1 is 0.979 bits per heavy atom. The molecule has 0 aromatic heterocycles. The molecule has 0 bridgehead atoms. The lowest BCUT2D eigenvalue weighted by molar-refractivity contribution is -0.125. The van der Waals surface area contributed by atoms with Crippen LogP contribution >= 0.6 is 0 Å². The minimum atomic E-state index is -0.134. The number of benzene rings is 1. The summed E-state index contributed by atoms with van der Waals surface area (Å²) in [6.07, 6.45) is 14.2. The minimum absolute atomic E-state index is 0.00890. The molecule has 2 aliphatic heterocycles. The molecule has 1 aromatic rings. The van der Waals surface area contributed by atoms with Crippen LogP contribution in [0.15, 0.2) is 42.0 Å². The number of hydrogen-bond donors (Lipinski definition) is 2. The largest absolute Gasteiger partial charge is 0.370 e. The summed E-state index contributed by atoms with van der Waals surface area (Å²) in [5, 5.41) is 5.86. The van der Waals surface area contributed by atoms with Crippen LogP contribution in [0, 0.1) is 45.8 Å². The van der Waals surface area contributed by atoms with Crippen LogP contribution in [0.25, 0.3) is 0 Å². The smallest absolute Gasteiger partial charge is 0.239 e. The first-order chi connectivity index (χ1) is 23.0. The van der Waals surface area contributed by atoms with E-state index in [9.17, 15) is 14.4 Å². The maximum absolute atomic E-state index is 12.7. The Hall–Kier alpha value is -2.51. The number of hydrogen-bond acceptors (Lipinski definition) is 5. The molecule has 7 aliphatic rings. The van der Waals surface area contributed by atoms with E-state index in [4.69, 9.17) is 4.74 Å². The van der Waals surface area contributed by atoms with Crippen LogP contribution in [0.1, 0.15) is 97.5 Å².